The van der Waals surface area contributed by atoms with Crippen LogP contribution in [0.4, 0.5) is 0 Å². The van der Waals surface area contributed by atoms with Crippen molar-refractivity contribution in [1.82, 2.24) is 29.4 Å². The van der Waals surface area contributed by atoms with Gasteiger partial charge in [-0.1, -0.05) is 38.1 Å². The smallest absolute Gasteiger partial charge is 0.243 e. The molecule has 2 aromatic carbocycles. The Morgan fingerprint density at radius 3 is 2.24 bits per heavy atom. The summed E-state index contributed by atoms with van der Waals surface area (Å²) in [6.07, 6.45) is 2.78. The molecule has 0 aliphatic carbocycles. The van der Waals surface area contributed by atoms with E-state index in [1.165, 1.54) is 10.6 Å². The lowest BCUT2D eigenvalue weighted by molar-refractivity contribution is -0.131. The Morgan fingerprint density at radius 1 is 1.00 bits per heavy atom. The Balaban J connectivity index is 1.33. The van der Waals surface area contributed by atoms with Crippen LogP contribution in [0.2, 0.25) is 0 Å². The summed E-state index contributed by atoms with van der Waals surface area (Å²) in [5, 5.41) is 11.1. The number of tetrazole rings is 1. The van der Waals surface area contributed by atoms with E-state index in [2.05, 4.69) is 29.4 Å². The summed E-state index contributed by atoms with van der Waals surface area (Å²) in [6.45, 7) is 5.58. The van der Waals surface area contributed by atoms with Crippen LogP contribution in [0.25, 0.3) is 5.69 Å². The number of piperazine rings is 1. The minimum absolute atomic E-state index is 0.0138. The van der Waals surface area contributed by atoms with Crippen LogP contribution in [0.15, 0.2) is 59.8 Å². The highest BCUT2D eigenvalue weighted by Crippen LogP contribution is 2.23. The molecule has 4 rings (SSSR count). The number of hydrogen-bond acceptors (Lipinski definition) is 6. The Hall–Kier alpha value is -3.11. The topological polar surface area (TPSA) is 101 Å². The number of benzene rings is 2. The monoisotopic (exact) mass is 468 g/mol. The van der Waals surface area contributed by atoms with Gasteiger partial charge in [-0.2, -0.15) is 4.31 Å². The molecule has 3 aromatic rings. The molecule has 1 aliphatic heterocycles. The molecule has 10 heteroatoms. The fraction of sp³-hybridized carbons (Fsp3) is 0.391. The van der Waals surface area contributed by atoms with Gasteiger partial charge in [0.25, 0.3) is 0 Å². The molecule has 1 aliphatic rings. The molecule has 1 atom stereocenters. The third kappa shape index (κ3) is 5.12. The number of aromatic nitrogens is 4. The van der Waals surface area contributed by atoms with Crippen molar-refractivity contribution in [2.24, 2.45) is 0 Å². The van der Waals surface area contributed by atoms with Crippen molar-refractivity contribution in [2.45, 2.75) is 37.5 Å². The number of rotatable bonds is 7. The minimum atomic E-state index is -3.57. The number of carbonyl (C=O) groups is 1. The second-order valence-electron chi connectivity index (χ2n) is 8.26. The van der Waals surface area contributed by atoms with Gasteiger partial charge in [-0.25, -0.2) is 13.1 Å². The van der Waals surface area contributed by atoms with Crippen LogP contribution in [-0.4, -0.2) is 69.9 Å². The van der Waals surface area contributed by atoms with Crippen LogP contribution in [0.1, 0.15) is 37.3 Å². The summed E-state index contributed by atoms with van der Waals surface area (Å²) in [7, 11) is -3.57. The average molecular weight is 469 g/mol. The van der Waals surface area contributed by atoms with Gasteiger partial charge in [-0.05, 0) is 58.2 Å². The summed E-state index contributed by atoms with van der Waals surface area (Å²) in [6, 6.07) is 14.6. The summed E-state index contributed by atoms with van der Waals surface area (Å²) in [4.78, 5) is 14.8. The molecule has 0 N–H and O–H groups in total. The third-order valence-electron chi connectivity index (χ3n) is 6.20. The minimum Gasteiger partial charge on any atom is -0.340 e. The van der Waals surface area contributed by atoms with Crippen molar-refractivity contribution in [3.63, 3.8) is 0 Å². The van der Waals surface area contributed by atoms with Crippen molar-refractivity contribution in [2.75, 3.05) is 26.2 Å². The van der Waals surface area contributed by atoms with E-state index in [0.717, 1.165) is 23.2 Å². The zero-order chi connectivity index (χ0) is 23.4. The van der Waals surface area contributed by atoms with E-state index < -0.39 is 10.0 Å². The van der Waals surface area contributed by atoms with E-state index in [9.17, 15) is 13.2 Å². The maximum atomic E-state index is 13.0. The van der Waals surface area contributed by atoms with Crippen LogP contribution in [0.5, 0.6) is 0 Å². The van der Waals surface area contributed by atoms with Gasteiger partial charge in [0.2, 0.25) is 15.9 Å². The lowest BCUT2D eigenvalue weighted by Crippen LogP contribution is -2.50. The molecule has 174 valence electrons. The SMILES string of the molecule is CCC(C)c1ccc(S(=O)(=O)N2CCN(C(=O)Cc3ccc(-n4cnnn4)cc3)CC2)cc1. The lowest BCUT2D eigenvalue weighted by atomic mass is 9.99. The Bertz CT molecular complexity index is 1170. The Labute approximate surface area is 194 Å². The van der Waals surface area contributed by atoms with E-state index >= 15 is 0 Å². The molecule has 0 saturated carbocycles. The predicted molar refractivity (Wildman–Crippen MR) is 123 cm³/mol. The number of amides is 1. The first-order valence-corrected chi connectivity index (χ1v) is 12.5. The van der Waals surface area contributed by atoms with E-state index in [-0.39, 0.29) is 12.3 Å². The molecule has 0 radical (unpaired) electrons. The summed E-state index contributed by atoms with van der Waals surface area (Å²) >= 11 is 0. The molecule has 0 spiro atoms. The average Bonchev–Trinajstić information content (AvgIpc) is 3.39. The summed E-state index contributed by atoms with van der Waals surface area (Å²) in [5.74, 6) is 0.382. The van der Waals surface area contributed by atoms with Gasteiger partial charge in [-0.3, -0.25) is 4.79 Å². The van der Waals surface area contributed by atoms with Crippen LogP contribution in [0, 0.1) is 0 Å². The first-order valence-electron chi connectivity index (χ1n) is 11.1. The maximum absolute atomic E-state index is 13.0. The first-order chi connectivity index (χ1) is 15.9. The number of carbonyl (C=O) groups excluding carboxylic acids is 1. The highest BCUT2D eigenvalue weighted by atomic mass is 32.2. The number of sulfonamides is 1. The van der Waals surface area contributed by atoms with Crippen LogP contribution in [0.3, 0.4) is 0 Å². The van der Waals surface area contributed by atoms with Gasteiger partial charge in [0.15, 0.2) is 0 Å². The van der Waals surface area contributed by atoms with Crippen molar-refractivity contribution in [3.8, 4) is 5.69 Å². The molecular formula is C23H28N6O3S. The number of nitrogens with zero attached hydrogens (tertiary/aromatic N) is 6. The van der Waals surface area contributed by atoms with E-state index in [1.54, 1.807) is 21.7 Å². The highest BCUT2D eigenvalue weighted by Gasteiger charge is 2.30. The third-order valence-corrected chi connectivity index (χ3v) is 8.11. The highest BCUT2D eigenvalue weighted by molar-refractivity contribution is 7.89. The van der Waals surface area contributed by atoms with Gasteiger partial charge >= 0.3 is 0 Å². The van der Waals surface area contributed by atoms with E-state index in [0.29, 0.717) is 37.0 Å². The van der Waals surface area contributed by atoms with Gasteiger partial charge < -0.3 is 4.90 Å². The Morgan fingerprint density at radius 2 is 1.67 bits per heavy atom. The Kier molecular flexibility index (Phi) is 6.85. The predicted octanol–water partition coefficient (Wildman–Crippen LogP) is 2.25. The van der Waals surface area contributed by atoms with Crippen LogP contribution in [-0.2, 0) is 21.2 Å². The number of hydrogen-bond donors (Lipinski definition) is 0. The van der Waals surface area contributed by atoms with Crippen molar-refractivity contribution in [1.29, 1.82) is 0 Å². The van der Waals surface area contributed by atoms with E-state index in [1.807, 2.05) is 36.4 Å². The van der Waals surface area contributed by atoms with Crippen LogP contribution < -0.4 is 0 Å². The molecule has 2 heterocycles. The molecule has 33 heavy (non-hydrogen) atoms. The molecule has 1 saturated heterocycles. The molecule has 0 bridgehead atoms. The van der Waals surface area contributed by atoms with Gasteiger partial charge in [0.1, 0.15) is 6.33 Å². The quantitative estimate of drug-likeness (QED) is 0.527. The molecule has 9 nitrogen and oxygen atoms in total. The van der Waals surface area contributed by atoms with Crippen LogP contribution >= 0.6 is 0 Å². The zero-order valence-corrected chi connectivity index (χ0v) is 19.6. The lowest BCUT2D eigenvalue weighted by Gasteiger charge is -2.34. The second-order valence-corrected chi connectivity index (χ2v) is 10.2. The molecule has 1 unspecified atom stereocenters. The van der Waals surface area contributed by atoms with Gasteiger partial charge in [0.05, 0.1) is 17.0 Å². The van der Waals surface area contributed by atoms with Gasteiger partial charge in [-0.15, -0.1) is 5.10 Å². The first kappa shape index (κ1) is 23.1. The molecule has 1 amide bonds. The van der Waals surface area contributed by atoms with Crippen molar-refractivity contribution in [3.05, 3.63) is 66.0 Å². The molecule has 1 aromatic heterocycles. The fourth-order valence-electron chi connectivity index (χ4n) is 3.86. The largest absolute Gasteiger partial charge is 0.340 e. The summed E-state index contributed by atoms with van der Waals surface area (Å²) < 4.78 is 29.1. The zero-order valence-electron chi connectivity index (χ0n) is 18.8. The second kappa shape index (κ2) is 9.80. The van der Waals surface area contributed by atoms with E-state index in [4.69, 9.17) is 0 Å². The summed E-state index contributed by atoms with van der Waals surface area (Å²) in [5.41, 5.74) is 2.83. The normalized spacial score (nSPS) is 16.0. The fourth-order valence-corrected chi connectivity index (χ4v) is 5.29. The van der Waals surface area contributed by atoms with Crippen molar-refractivity contribution >= 4 is 15.9 Å². The molecular weight excluding hydrogens is 440 g/mol. The standard InChI is InChI=1S/C23H28N6O3S/c1-3-18(2)20-6-10-22(11-7-20)33(31,32)28-14-12-27(13-15-28)23(30)16-19-4-8-21(9-5-19)29-17-24-25-26-29/h4-11,17-18H,3,12-16H2,1-2H3. The van der Waals surface area contributed by atoms with Crippen molar-refractivity contribution < 1.29 is 13.2 Å². The van der Waals surface area contributed by atoms with Gasteiger partial charge in [0, 0.05) is 26.2 Å². The molecule has 1 fully saturated rings. The maximum Gasteiger partial charge on any atom is 0.243 e.